The van der Waals surface area contributed by atoms with E-state index in [1.165, 1.54) is 0 Å². The lowest BCUT2D eigenvalue weighted by molar-refractivity contribution is 0.282. The molecule has 104 valence electrons. The Balaban J connectivity index is 3.15. The van der Waals surface area contributed by atoms with Crippen LogP contribution in [0.15, 0.2) is 0 Å². The predicted octanol–water partition coefficient (Wildman–Crippen LogP) is 3.56. The molecule has 0 saturated heterocycles. The van der Waals surface area contributed by atoms with E-state index in [4.69, 9.17) is 4.98 Å². The summed E-state index contributed by atoms with van der Waals surface area (Å²) in [6.45, 7) is 14.0. The van der Waals surface area contributed by atoms with Crippen LogP contribution in [0.5, 0.6) is 0 Å². The van der Waals surface area contributed by atoms with Gasteiger partial charge in [-0.3, -0.25) is 0 Å². The van der Waals surface area contributed by atoms with E-state index >= 15 is 0 Å². The molecule has 0 amide bonds. The second-order valence-electron chi connectivity index (χ2n) is 5.72. The average molecular weight is 270 g/mol. The van der Waals surface area contributed by atoms with Crippen LogP contribution >= 0.6 is 11.3 Å². The van der Waals surface area contributed by atoms with Gasteiger partial charge in [-0.15, -0.1) is 0 Å². The Kier molecular flexibility index (Phi) is 5.17. The molecule has 1 N–H and O–H groups in total. The van der Waals surface area contributed by atoms with Gasteiger partial charge in [0, 0.05) is 18.0 Å². The first-order valence-electron chi connectivity index (χ1n) is 6.72. The summed E-state index contributed by atoms with van der Waals surface area (Å²) in [6.07, 6.45) is 1.10. The van der Waals surface area contributed by atoms with Crippen LogP contribution in [0.4, 0.5) is 5.13 Å². The fraction of sp³-hybridized carbons (Fsp3) is 0.786. The van der Waals surface area contributed by atoms with E-state index in [2.05, 4.69) is 46.4 Å². The summed E-state index contributed by atoms with van der Waals surface area (Å²) in [6, 6.07) is 0.487. The number of aromatic nitrogens is 1. The van der Waals surface area contributed by atoms with Crippen LogP contribution in [0, 0.1) is 0 Å². The van der Waals surface area contributed by atoms with E-state index in [-0.39, 0.29) is 12.0 Å². The molecule has 4 heteroatoms. The van der Waals surface area contributed by atoms with Crippen molar-refractivity contribution in [1.29, 1.82) is 0 Å². The third-order valence-electron chi connectivity index (χ3n) is 3.25. The molecule has 1 rings (SSSR count). The van der Waals surface area contributed by atoms with Gasteiger partial charge in [-0.2, -0.15) is 0 Å². The van der Waals surface area contributed by atoms with E-state index in [0.29, 0.717) is 6.04 Å². The van der Waals surface area contributed by atoms with E-state index in [0.717, 1.165) is 28.7 Å². The first kappa shape index (κ1) is 15.4. The summed E-state index contributed by atoms with van der Waals surface area (Å²) in [5.74, 6) is 0. The van der Waals surface area contributed by atoms with Crippen molar-refractivity contribution in [2.45, 2.75) is 66.0 Å². The highest BCUT2D eigenvalue weighted by molar-refractivity contribution is 7.15. The quantitative estimate of drug-likeness (QED) is 0.889. The van der Waals surface area contributed by atoms with Gasteiger partial charge >= 0.3 is 0 Å². The van der Waals surface area contributed by atoms with E-state index in [9.17, 15) is 5.11 Å². The molecule has 0 spiro atoms. The SMILES string of the molecule is CCC(C)N(CC)c1nc(C(C)(C)C)c(CO)s1. The van der Waals surface area contributed by atoms with Crippen LogP contribution in [-0.2, 0) is 12.0 Å². The molecular weight excluding hydrogens is 244 g/mol. The first-order valence-corrected chi connectivity index (χ1v) is 7.54. The van der Waals surface area contributed by atoms with Crippen molar-refractivity contribution in [2.24, 2.45) is 0 Å². The Morgan fingerprint density at radius 2 is 1.94 bits per heavy atom. The minimum absolute atomic E-state index is 0.0122. The fourth-order valence-electron chi connectivity index (χ4n) is 2.01. The summed E-state index contributed by atoms with van der Waals surface area (Å²) < 4.78 is 0. The van der Waals surface area contributed by atoms with Gasteiger partial charge in [0.2, 0.25) is 0 Å². The van der Waals surface area contributed by atoms with Gasteiger partial charge in [0.1, 0.15) is 0 Å². The van der Waals surface area contributed by atoms with Crippen molar-refractivity contribution < 1.29 is 5.11 Å². The van der Waals surface area contributed by atoms with Crippen LogP contribution in [0.25, 0.3) is 0 Å². The maximum absolute atomic E-state index is 9.50. The van der Waals surface area contributed by atoms with Gasteiger partial charge in [0.15, 0.2) is 5.13 Å². The average Bonchev–Trinajstić information content (AvgIpc) is 2.73. The third-order valence-corrected chi connectivity index (χ3v) is 4.33. The fourth-order valence-corrected chi connectivity index (χ4v) is 3.31. The Bertz CT molecular complexity index is 382. The monoisotopic (exact) mass is 270 g/mol. The molecule has 18 heavy (non-hydrogen) atoms. The van der Waals surface area contributed by atoms with E-state index < -0.39 is 0 Å². The van der Waals surface area contributed by atoms with Gasteiger partial charge in [-0.1, -0.05) is 39.0 Å². The molecule has 0 aliphatic carbocycles. The van der Waals surface area contributed by atoms with Gasteiger partial charge in [-0.05, 0) is 20.3 Å². The number of thiazole rings is 1. The molecule has 0 fully saturated rings. The molecule has 1 atom stereocenters. The molecule has 0 bridgehead atoms. The number of aliphatic hydroxyl groups excluding tert-OH is 1. The Labute approximate surface area is 115 Å². The van der Waals surface area contributed by atoms with Gasteiger partial charge < -0.3 is 10.0 Å². The van der Waals surface area contributed by atoms with Crippen molar-refractivity contribution >= 4 is 16.5 Å². The molecule has 0 aliphatic heterocycles. The zero-order chi connectivity index (χ0) is 13.9. The van der Waals surface area contributed by atoms with Gasteiger partial charge in [0.05, 0.1) is 17.2 Å². The molecule has 1 heterocycles. The summed E-state index contributed by atoms with van der Waals surface area (Å²) in [7, 11) is 0. The second-order valence-corrected chi connectivity index (χ2v) is 6.78. The molecule has 0 saturated carbocycles. The lowest BCUT2D eigenvalue weighted by Gasteiger charge is -2.26. The predicted molar refractivity (Wildman–Crippen MR) is 79.5 cm³/mol. The number of hydrogen-bond acceptors (Lipinski definition) is 4. The summed E-state index contributed by atoms with van der Waals surface area (Å²) >= 11 is 1.63. The van der Waals surface area contributed by atoms with Crippen LogP contribution in [0.1, 0.15) is 58.5 Å². The largest absolute Gasteiger partial charge is 0.391 e. The van der Waals surface area contributed by atoms with Crippen molar-refractivity contribution in [3.63, 3.8) is 0 Å². The van der Waals surface area contributed by atoms with Crippen molar-refractivity contribution in [2.75, 3.05) is 11.4 Å². The number of aliphatic hydroxyl groups is 1. The van der Waals surface area contributed by atoms with Crippen molar-refractivity contribution in [3.8, 4) is 0 Å². The molecule has 1 aromatic heterocycles. The first-order chi connectivity index (χ1) is 8.35. The lowest BCUT2D eigenvalue weighted by atomic mass is 9.91. The Morgan fingerprint density at radius 1 is 1.33 bits per heavy atom. The number of anilines is 1. The zero-order valence-corrected chi connectivity index (χ0v) is 13.3. The van der Waals surface area contributed by atoms with E-state index in [1.54, 1.807) is 11.3 Å². The summed E-state index contributed by atoms with van der Waals surface area (Å²) in [5.41, 5.74) is 1.02. The highest BCUT2D eigenvalue weighted by atomic mass is 32.1. The van der Waals surface area contributed by atoms with Gasteiger partial charge in [0.25, 0.3) is 0 Å². The second kappa shape index (κ2) is 6.02. The molecular formula is C14H26N2OS. The molecule has 0 aliphatic rings. The zero-order valence-electron chi connectivity index (χ0n) is 12.4. The van der Waals surface area contributed by atoms with Crippen molar-refractivity contribution in [1.82, 2.24) is 4.98 Å². The molecule has 0 aromatic carbocycles. The van der Waals surface area contributed by atoms with E-state index in [1.807, 2.05) is 0 Å². The molecule has 3 nitrogen and oxygen atoms in total. The maximum atomic E-state index is 9.50. The highest BCUT2D eigenvalue weighted by Gasteiger charge is 2.25. The minimum Gasteiger partial charge on any atom is -0.391 e. The smallest absolute Gasteiger partial charge is 0.186 e. The molecule has 0 radical (unpaired) electrons. The summed E-state index contributed by atoms with van der Waals surface area (Å²) in [4.78, 5) is 8.09. The normalized spacial score (nSPS) is 13.7. The lowest BCUT2D eigenvalue weighted by Crippen LogP contribution is -2.32. The van der Waals surface area contributed by atoms with Crippen LogP contribution < -0.4 is 4.90 Å². The maximum Gasteiger partial charge on any atom is 0.186 e. The Morgan fingerprint density at radius 3 is 2.28 bits per heavy atom. The van der Waals surface area contributed by atoms with Crippen LogP contribution in [0.2, 0.25) is 0 Å². The van der Waals surface area contributed by atoms with Gasteiger partial charge in [-0.25, -0.2) is 4.98 Å². The van der Waals surface area contributed by atoms with Crippen LogP contribution in [-0.4, -0.2) is 22.7 Å². The summed E-state index contributed by atoms with van der Waals surface area (Å²) in [5, 5.41) is 10.5. The standard InChI is InChI=1S/C14H26N2OS/c1-7-10(3)16(8-2)13-15-12(14(4,5)6)11(9-17)18-13/h10,17H,7-9H2,1-6H3. The third kappa shape index (κ3) is 3.23. The van der Waals surface area contributed by atoms with Crippen molar-refractivity contribution in [3.05, 3.63) is 10.6 Å². The topological polar surface area (TPSA) is 36.4 Å². The minimum atomic E-state index is -0.0122. The molecule has 1 unspecified atom stereocenters. The highest BCUT2D eigenvalue weighted by Crippen LogP contribution is 2.34. The number of nitrogens with zero attached hydrogens (tertiary/aromatic N) is 2. The van der Waals surface area contributed by atoms with Crippen LogP contribution in [0.3, 0.4) is 0 Å². The molecule has 1 aromatic rings. The Hall–Kier alpha value is -0.610. The number of rotatable bonds is 5. The number of hydrogen-bond donors (Lipinski definition) is 1.